The number of nitrogens with one attached hydrogen (secondary N) is 4. The summed E-state index contributed by atoms with van der Waals surface area (Å²) in [4.78, 5) is 51.8. The molecule has 0 radical (unpaired) electrons. The number of carbonyl (C=O) groups is 4. The van der Waals surface area contributed by atoms with Crippen LogP contribution in [-0.4, -0.2) is 569 Å². The fourth-order valence-electron chi connectivity index (χ4n) is 17.3. The number of hydrogen-bond donors (Lipinski definition) is 33. The van der Waals surface area contributed by atoms with Crippen molar-refractivity contribution < 1.29 is 267 Å². The Hall–Kier alpha value is -4.12. The molecule has 0 aromatic carbocycles. The van der Waals surface area contributed by atoms with Gasteiger partial charge in [-0.05, 0) is 13.8 Å². The summed E-state index contributed by atoms with van der Waals surface area (Å²) in [6.45, 7) is -4.23. The lowest BCUT2D eigenvalue weighted by Crippen LogP contribution is -2.71. The zero-order chi connectivity index (χ0) is 97.1. The minimum atomic E-state index is -2.65. The molecule has 0 spiro atoms. The second-order valence-corrected chi connectivity index (χ2v) is 33.7. The van der Waals surface area contributed by atoms with Gasteiger partial charge in [0.25, 0.3) is 0 Å². The maximum Gasteiger partial charge on any atom is 0.217 e. The van der Waals surface area contributed by atoms with E-state index in [1.54, 1.807) is 0 Å². The van der Waals surface area contributed by atoms with E-state index in [-0.39, 0.29) is 0 Å². The summed E-state index contributed by atoms with van der Waals surface area (Å²) in [7, 11) is 0. The Morgan fingerprint density at radius 3 is 0.765 bits per heavy atom. The average molecular weight is 1930 g/mol. The molecular weight excluding hydrogens is 1810 g/mol. The second kappa shape index (κ2) is 47.0. The van der Waals surface area contributed by atoms with Crippen LogP contribution in [0.5, 0.6) is 0 Å². The maximum absolute atomic E-state index is 13.3. The molecular formula is C74H124N4O54. The molecule has 11 heterocycles. The van der Waals surface area contributed by atoms with Crippen LogP contribution in [0.1, 0.15) is 41.5 Å². The Labute approximate surface area is 748 Å². The first-order valence-electron chi connectivity index (χ1n) is 42.4. The number of ether oxygens (including phenoxy) is 21. The van der Waals surface area contributed by atoms with E-state index in [9.17, 15) is 167 Å². The van der Waals surface area contributed by atoms with E-state index in [1.807, 2.05) is 0 Å². The summed E-state index contributed by atoms with van der Waals surface area (Å²) in [5.41, 5.74) is 0. The van der Waals surface area contributed by atoms with Crippen LogP contribution < -0.4 is 21.3 Å². The third-order valence-corrected chi connectivity index (χ3v) is 24.5. The van der Waals surface area contributed by atoms with Gasteiger partial charge in [-0.15, -0.1) is 0 Å². The Morgan fingerprint density at radius 1 is 0.212 bits per heavy atom. The molecule has 0 saturated carbocycles. The molecule has 55 atom stereocenters. The summed E-state index contributed by atoms with van der Waals surface area (Å²) in [5, 5.41) is 336. The quantitative estimate of drug-likeness (QED) is 0.0290. The van der Waals surface area contributed by atoms with Gasteiger partial charge in [0, 0.05) is 27.7 Å². The summed E-state index contributed by atoms with van der Waals surface area (Å²) >= 11 is 0. The summed E-state index contributed by atoms with van der Waals surface area (Å²) in [5.74, 6) is -3.80. The highest BCUT2D eigenvalue weighted by Crippen LogP contribution is 2.42. The molecule has 55 unspecified atom stereocenters. The van der Waals surface area contributed by atoms with E-state index in [2.05, 4.69) is 21.3 Å². The van der Waals surface area contributed by atoms with Crippen molar-refractivity contribution in [1.82, 2.24) is 21.3 Å². The van der Waals surface area contributed by atoms with Crippen molar-refractivity contribution in [3.05, 3.63) is 0 Å². The largest absolute Gasteiger partial charge is 0.394 e. The zero-order valence-electron chi connectivity index (χ0n) is 71.3. The van der Waals surface area contributed by atoms with Gasteiger partial charge in [-0.25, -0.2) is 0 Å². The molecule has 0 aromatic heterocycles. The van der Waals surface area contributed by atoms with Crippen molar-refractivity contribution in [1.29, 1.82) is 0 Å². The molecule has 0 aliphatic carbocycles. The van der Waals surface area contributed by atoms with E-state index in [0.29, 0.717) is 0 Å². The Kier molecular flexibility index (Phi) is 38.5. The van der Waals surface area contributed by atoms with Crippen molar-refractivity contribution in [3.8, 4) is 0 Å². The molecule has 11 aliphatic rings. The van der Waals surface area contributed by atoms with Gasteiger partial charge >= 0.3 is 0 Å². The fraction of sp³-hybridized carbons (Fsp3) is 0.946. The van der Waals surface area contributed by atoms with Gasteiger partial charge in [0.1, 0.15) is 256 Å². The van der Waals surface area contributed by atoms with Crippen LogP contribution in [0.25, 0.3) is 0 Å². The van der Waals surface area contributed by atoms with Gasteiger partial charge in [0.05, 0.1) is 71.7 Å². The predicted octanol–water partition coefficient (Wildman–Crippen LogP) is -22.3. The Balaban J connectivity index is 0.913. The lowest BCUT2D eigenvalue weighted by molar-refractivity contribution is -0.402. The molecule has 132 heavy (non-hydrogen) atoms. The maximum atomic E-state index is 13.3. The van der Waals surface area contributed by atoms with Crippen molar-refractivity contribution in [2.45, 2.75) is 379 Å². The smallest absolute Gasteiger partial charge is 0.217 e. The lowest BCUT2D eigenvalue weighted by Gasteiger charge is -2.51. The topological polar surface area (TPSA) is 897 Å². The lowest BCUT2D eigenvalue weighted by atomic mass is 9.93. The second-order valence-electron chi connectivity index (χ2n) is 33.7. The van der Waals surface area contributed by atoms with Crippen LogP contribution in [0.3, 0.4) is 0 Å². The number of amides is 4. The van der Waals surface area contributed by atoms with Crippen LogP contribution in [0, 0.1) is 0 Å². The van der Waals surface area contributed by atoms with Gasteiger partial charge in [-0.1, -0.05) is 0 Å². The molecule has 0 aromatic rings. The normalized spacial score (nSPS) is 50.4. The van der Waals surface area contributed by atoms with Crippen LogP contribution in [0.4, 0.5) is 0 Å². The Bertz CT molecular complexity index is 3610. The van der Waals surface area contributed by atoms with Crippen molar-refractivity contribution >= 4 is 23.6 Å². The highest BCUT2D eigenvalue weighted by Gasteiger charge is 2.63. The summed E-state index contributed by atoms with van der Waals surface area (Å²) in [6.07, 6.45) is -107. The monoisotopic (exact) mass is 1930 g/mol. The number of aliphatic hydroxyl groups is 29. The molecule has 11 saturated heterocycles. The number of carbonyl (C=O) groups excluding carboxylic acids is 4. The van der Waals surface area contributed by atoms with Gasteiger partial charge in [-0.2, -0.15) is 0 Å². The van der Waals surface area contributed by atoms with Crippen LogP contribution in [-0.2, 0) is 119 Å². The molecule has 33 N–H and O–H groups in total. The average Bonchev–Trinajstić information content (AvgIpc) is 0.767. The predicted molar refractivity (Wildman–Crippen MR) is 406 cm³/mol. The van der Waals surface area contributed by atoms with Crippen LogP contribution in [0.2, 0.25) is 0 Å². The van der Waals surface area contributed by atoms with Gasteiger partial charge in [0.2, 0.25) is 23.6 Å². The van der Waals surface area contributed by atoms with Crippen molar-refractivity contribution in [2.24, 2.45) is 0 Å². The molecule has 4 amide bonds. The molecule has 0 bridgehead atoms. The summed E-state index contributed by atoms with van der Waals surface area (Å²) < 4.78 is 126. The molecule has 764 valence electrons. The number of hydrogen-bond acceptors (Lipinski definition) is 54. The SMILES string of the molecule is CC(=O)NC1C(O)OC(CO)C(OC2OC(CO)C(OC3OC(COC4OC(CO)C(O)C(O)C4OC4OC(CO)C(OC5OC(CO)C(O)C(O)C5OC5OC(C)C(O)C(O)C5O)C(O)C4NC(C)=O)C(O)C(OC4OC(CO)C(O)C(O)C4OC4OC(CO)C(OC5OC(CO)C(O)C(O)C5OC5OC(C)C(O)C(O)C5O)C(O)C4NC(C)=O)C3O)C(O)C2NC(C)=O)C1O. The highest BCUT2D eigenvalue weighted by atomic mass is 16.8. The first-order chi connectivity index (χ1) is 62.4. The molecule has 58 nitrogen and oxygen atoms in total. The van der Waals surface area contributed by atoms with Crippen molar-refractivity contribution in [3.63, 3.8) is 0 Å². The third-order valence-electron chi connectivity index (χ3n) is 24.5. The Morgan fingerprint density at radius 2 is 0.447 bits per heavy atom. The molecule has 11 aliphatic heterocycles. The minimum Gasteiger partial charge on any atom is -0.394 e. The number of rotatable bonds is 33. The molecule has 11 fully saturated rings. The first kappa shape index (κ1) is 108. The standard InChI is InChI=1S/C74H124N4O54/c1-16-35(91)46(102)52(108)68(113-16)131-62-50(106)39(95)23(8-80)117-72(62)126-57-28(13-85)121-66(33(44(57)100)77-20(5)89)129-60-48(104)37(93)22(7-79)116-71(60)112-15-30-41(97)59(54(110)70(123-30)125-56-27(12-84)120-65(32(43(56)99)76-19(4)88)124-55-26(11-83)115-64(111)31(42(55)98)75-18(3)87)128-74-61(49(105)38(94)25(10-82)119-74)130-67-34(78-21(6)90)45(101)58(29(14-86)122-67)127-73-63(51(107)40(96)24(9-81)118-73)132-69-53(109)47(103)36(92)17(2)114-69/h16-17,22-74,79-86,91-111H,7-15H2,1-6H3,(H,75,87)(H,76,88)(H,77,89)(H,78,90). The van der Waals surface area contributed by atoms with Crippen LogP contribution >= 0.6 is 0 Å². The van der Waals surface area contributed by atoms with E-state index in [0.717, 1.165) is 27.7 Å². The van der Waals surface area contributed by atoms with Gasteiger partial charge in [-0.3, -0.25) is 19.2 Å². The van der Waals surface area contributed by atoms with E-state index >= 15 is 0 Å². The third kappa shape index (κ3) is 23.5. The van der Waals surface area contributed by atoms with Crippen molar-refractivity contribution in [2.75, 3.05) is 59.5 Å². The highest BCUT2D eigenvalue weighted by molar-refractivity contribution is 5.74. The minimum absolute atomic E-state index is 0.810. The van der Waals surface area contributed by atoms with Gasteiger partial charge < -0.3 is 269 Å². The zero-order valence-corrected chi connectivity index (χ0v) is 71.3. The fourth-order valence-corrected chi connectivity index (χ4v) is 17.3. The van der Waals surface area contributed by atoms with E-state index in [4.69, 9.17) is 99.5 Å². The molecule has 58 heteroatoms. The van der Waals surface area contributed by atoms with E-state index in [1.165, 1.54) is 13.8 Å². The first-order valence-corrected chi connectivity index (χ1v) is 42.4. The van der Waals surface area contributed by atoms with Gasteiger partial charge in [0.15, 0.2) is 69.2 Å². The van der Waals surface area contributed by atoms with E-state index < -0.39 is 421 Å². The molecule has 11 rings (SSSR count). The van der Waals surface area contributed by atoms with Crippen LogP contribution in [0.15, 0.2) is 0 Å². The summed E-state index contributed by atoms with van der Waals surface area (Å²) in [6, 6.07) is -7.75. The number of aliphatic hydroxyl groups excluding tert-OH is 29.